The maximum atomic E-state index is 11.2. The molecule has 1 aromatic heterocycles. The van der Waals surface area contributed by atoms with Crippen molar-refractivity contribution < 1.29 is 9.53 Å². The van der Waals surface area contributed by atoms with E-state index >= 15 is 0 Å². The van der Waals surface area contributed by atoms with Gasteiger partial charge >= 0.3 is 5.97 Å². The Bertz CT molecular complexity index is 564. The van der Waals surface area contributed by atoms with Crippen molar-refractivity contribution in [2.45, 2.75) is 6.92 Å². The van der Waals surface area contributed by atoms with E-state index in [4.69, 9.17) is 4.74 Å². The molecule has 0 aliphatic carbocycles. The number of nitrogens with one attached hydrogen (secondary N) is 1. The SMILES string of the molecule is CCOC(=O)C=Cc1csc(Nc2ccccc2)n1. The second-order valence-corrected chi connectivity index (χ2v) is 4.51. The Morgan fingerprint density at radius 1 is 1.42 bits per heavy atom. The van der Waals surface area contributed by atoms with Crippen molar-refractivity contribution in [1.29, 1.82) is 0 Å². The summed E-state index contributed by atoms with van der Waals surface area (Å²) in [6, 6.07) is 9.81. The number of carbonyl (C=O) groups excluding carboxylic acids is 1. The highest BCUT2D eigenvalue weighted by molar-refractivity contribution is 7.13. The van der Waals surface area contributed by atoms with Gasteiger partial charge in [-0.3, -0.25) is 0 Å². The number of hydrogen-bond acceptors (Lipinski definition) is 5. The number of nitrogens with zero attached hydrogens (tertiary/aromatic N) is 1. The fourth-order valence-electron chi connectivity index (χ4n) is 1.41. The molecule has 0 radical (unpaired) electrons. The van der Waals surface area contributed by atoms with E-state index < -0.39 is 0 Å². The first kappa shape index (κ1) is 13.3. The molecule has 0 saturated heterocycles. The predicted octanol–water partition coefficient (Wildman–Crippen LogP) is 3.46. The first-order valence-electron chi connectivity index (χ1n) is 5.90. The summed E-state index contributed by atoms with van der Waals surface area (Å²) >= 11 is 1.48. The van der Waals surface area contributed by atoms with E-state index in [-0.39, 0.29) is 5.97 Å². The lowest BCUT2D eigenvalue weighted by atomic mass is 10.3. The van der Waals surface area contributed by atoms with Gasteiger partial charge in [-0.25, -0.2) is 9.78 Å². The summed E-state index contributed by atoms with van der Waals surface area (Å²) in [4.78, 5) is 15.5. The number of carbonyl (C=O) groups is 1. The summed E-state index contributed by atoms with van der Waals surface area (Å²) < 4.78 is 4.80. The minimum Gasteiger partial charge on any atom is -0.463 e. The number of aromatic nitrogens is 1. The molecule has 0 atom stereocenters. The first-order chi connectivity index (χ1) is 9.28. The van der Waals surface area contributed by atoms with E-state index in [0.717, 1.165) is 16.5 Å². The van der Waals surface area contributed by atoms with Crippen molar-refractivity contribution in [2.24, 2.45) is 0 Å². The van der Waals surface area contributed by atoms with Gasteiger partial charge in [0, 0.05) is 17.1 Å². The van der Waals surface area contributed by atoms with Crippen LogP contribution in [0.1, 0.15) is 12.6 Å². The quantitative estimate of drug-likeness (QED) is 0.670. The van der Waals surface area contributed by atoms with Crippen LogP contribution in [0.25, 0.3) is 6.08 Å². The number of hydrogen-bond donors (Lipinski definition) is 1. The van der Waals surface area contributed by atoms with Crippen LogP contribution in [0, 0.1) is 0 Å². The molecule has 0 amide bonds. The van der Waals surface area contributed by atoms with E-state index in [0.29, 0.717) is 6.61 Å². The Kier molecular flexibility index (Phi) is 4.69. The van der Waals surface area contributed by atoms with Crippen LogP contribution in [0.15, 0.2) is 41.8 Å². The van der Waals surface area contributed by atoms with Gasteiger partial charge in [-0.1, -0.05) is 18.2 Å². The molecular formula is C14H14N2O2S. The highest BCUT2D eigenvalue weighted by Gasteiger charge is 2.00. The molecule has 5 heteroatoms. The Labute approximate surface area is 115 Å². The summed E-state index contributed by atoms with van der Waals surface area (Å²) in [6.07, 6.45) is 3.02. The van der Waals surface area contributed by atoms with Gasteiger partial charge in [0.15, 0.2) is 5.13 Å². The van der Waals surface area contributed by atoms with E-state index in [1.807, 2.05) is 35.7 Å². The molecule has 0 aliphatic heterocycles. The van der Waals surface area contributed by atoms with Gasteiger partial charge in [-0.2, -0.15) is 0 Å². The monoisotopic (exact) mass is 274 g/mol. The fourth-order valence-corrected chi connectivity index (χ4v) is 2.11. The predicted molar refractivity (Wildman–Crippen MR) is 77.5 cm³/mol. The Hall–Kier alpha value is -2.14. The van der Waals surface area contributed by atoms with Gasteiger partial charge in [0.05, 0.1) is 12.3 Å². The van der Waals surface area contributed by atoms with Crippen molar-refractivity contribution in [3.8, 4) is 0 Å². The zero-order valence-corrected chi connectivity index (χ0v) is 11.3. The Morgan fingerprint density at radius 2 is 2.21 bits per heavy atom. The third-order valence-electron chi connectivity index (χ3n) is 2.22. The summed E-state index contributed by atoms with van der Waals surface area (Å²) in [6.45, 7) is 2.15. The van der Waals surface area contributed by atoms with Gasteiger partial charge in [0.2, 0.25) is 0 Å². The van der Waals surface area contributed by atoms with Crippen LogP contribution in [0.4, 0.5) is 10.8 Å². The van der Waals surface area contributed by atoms with Crippen LogP contribution < -0.4 is 5.32 Å². The second-order valence-electron chi connectivity index (χ2n) is 3.65. The van der Waals surface area contributed by atoms with Gasteiger partial charge in [0.1, 0.15) is 0 Å². The molecule has 1 heterocycles. The van der Waals surface area contributed by atoms with Crippen molar-refractivity contribution in [2.75, 3.05) is 11.9 Å². The van der Waals surface area contributed by atoms with Gasteiger partial charge in [0.25, 0.3) is 0 Å². The average molecular weight is 274 g/mol. The lowest BCUT2D eigenvalue weighted by Gasteiger charge is -2.00. The average Bonchev–Trinajstić information content (AvgIpc) is 2.86. The highest BCUT2D eigenvalue weighted by Crippen LogP contribution is 2.21. The number of benzene rings is 1. The molecule has 2 rings (SSSR count). The normalized spacial score (nSPS) is 10.6. The zero-order chi connectivity index (χ0) is 13.5. The van der Waals surface area contributed by atoms with Crippen molar-refractivity contribution in [3.05, 3.63) is 47.5 Å². The van der Waals surface area contributed by atoms with Gasteiger partial charge in [-0.15, -0.1) is 11.3 Å². The largest absolute Gasteiger partial charge is 0.463 e. The topological polar surface area (TPSA) is 51.2 Å². The molecule has 1 aromatic carbocycles. The molecular weight excluding hydrogens is 260 g/mol. The molecule has 0 saturated carbocycles. The van der Waals surface area contributed by atoms with Crippen LogP contribution in [0.2, 0.25) is 0 Å². The standard InChI is InChI=1S/C14H14N2O2S/c1-2-18-13(17)9-8-12-10-19-14(16-12)15-11-6-4-3-5-7-11/h3-10H,2H2,1H3,(H,15,16). The molecule has 1 N–H and O–H groups in total. The van der Waals surface area contributed by atoms with Gasteiger partial charge in [-0.05, 0) is 25.1 Å². The van der Waals surface area contributed by atoms with Crippen molar-refractivity contribution in [1.82, 2.24) is 4.98 Å². The third kappa shape index (κ3) is 4.22. The fraction of sp³-hybridized carbons (Fsp3) is 0.143. The zero-order valence-electron chi connectivity index (χ0n) is 10.5. The molecule has 0 spiro atoms. The molecule has 2 aromatic rings. The highest BCUT2D eigenvalue weighted by atomic mass is 32.1. The van der Waals surface area contributed by atoms with Crippen LogP contribution in [-0.2, 0) is 9.53 Å². The molecule has 4 nitrogen and oxygen atoms in total. The molecule has 0 bridgehead atoms. The maximum Gasteiger partial charge on any atom is 0.330 e. The number of thiazole rings is 1. The smallest absolute Gasteiger partial charge is 0.330 e. The summed E-state index contributed by atoms with van der Waals surface area (Å²) in [5.41, 5.74) is 1.72. The molecule has 0 unspecified atom stereocenters. The summed E-state index contributed by atoms with van der Waals surface area (Å²) in [5, 5.41) is 5.86. The Morgan fingerprint density at radius 3 is 2.95 bits per heavy atom. The van der Waals surface area contributed by atoms with Crippen LogP contribution >= 0.6 is 11.3 Å². The number of ether oxygens (including phenoxy) is 1. The first-order valence-corrected chi connectivity index (χ1v) is 6.78. The number of esters is 1. The minimum atomic E-state index is -0.354. The molecule has 0 fully saturated rings. The number of para-hydroxylation sites is 1. The minimum absolute atomic E-state index is 0.354. The van der Waals surface area contributed by atoms with E-state index in [1.54, 1.807) is 13.0 Å². The lowest BCUT2D eigenvalue weighted by Crippen LogP contribution is -1.98. The van der Waals surface area contributed by atoms with Crippen LogP contribution in [0.3, 0.4) is 0 Å². The second kappa shape index (κ2) is 6.70. The van der Waals surface area contributed by atoms with E-state index in [9.17, 15) is 4.79 Å². The third-order valence-corrected chi connectivity index (χ3v) is 3.00. The van der Waals surface area contributed by atoms with Gasteiger partial charge < -0.3 is 10.1 Å². The summed E-state index contributed by atoms with van der Waals surface area (Å²) in [7, 11) is 0. The van der Waals surface area contributed by atoms with E-state index in [2.05, 4.69) is 10.3 Å². The van der Waals surface area contributed by atoms with Crippen LogP contribution in [-0.4, -0.2) is 17.6 Å². The maximum absolute atomic E-state index is 11.2. The van der Waals surface area contributed by atoms with Crippen molar-refractivity contribution in [3.63, 3.8) is 0 Å². The molecule has 19 heavy (non-hydrogen) atoms. The molecule has 0 aliphatic rings. The number of anilines is 2. The molecule has 98 valence electrons. The number of rotatable bonds is 5. The van der Waals surface area contributed by atoms with Crippen molar-refractivity contribution >= 4 is 34.2 Å². The lowest BCUT2D eigenvalue weighted by molar-refractivity contribution is -0.137. The summed E-state index contributed by atoms with van der Waals surface area (Å²) in [5.74, 6) is -0.354. The Balaban J connectivity index is 1.97. The van der Waals surface area contributed by atoms with E-state index in [1.165, 1.54) is 17.4 Å². The van der Waals surface area contributed by atoms with Crippen LogP contribution in [0.5, 0.6) is 0 Å².